The zero-order chi connectivity index (χ0) is 17.3. The Morgan fingerprint density at radius 1 is 1.12 bits per heavy atom. The maximum absolute atomic E-state index is 12.2. The summed E-state index contributed by atoms with van der Waals surface area (Å²) in [6.45, 7) is 5.40. The van der Waals surface area contributed by atoms with Crippen molar-refractivity contribution in [3.63, 3.8) is 0 Å². The Morgan fingerprint density at radius 2 is 1.88 bits per heavy atom. The number of benzene rings is 1. The summed E-state index contributed by atoms with van der Waals surface area (Å²) < 4.78 is 0. The largest absolute Gasteiger partial charge is 0.338 e. The summed E-state index contributed by atoms with van der Waals surface area (Å²) in [4.78, 5) is 21.2. The third-order valence-electron chi connectivity index (χ3n) is 5.98. The van der Waals surface area contributed by atoms with Gasteiger partial charge in [-0.15, -0.1) is 0 Å². The fourth-order valence-corrected chi connectivity index (χ4v) is 4.69. The third kappa shape index (κ3) is 2.95. The van der Waals surface area contributed by atoms with E-state index in [0.29, 0.717) is 0 Å². The number of carbonyl (C=O) groups is 1. The molecule has 1 amide bonds. The Bertz CT molecular complexity index is 733. The van der Waals surface area contributed by atoms with Gasteiger partial charge in [-0.1, -0.05) is 36.4 Å². The summed E-state index contributed by atoms with van der Waals surface area (Å²) in [6, 6.07) is 17.1. The smallest absolute Gasteiger partial charge is 0.219 e. The second-order valence-electron chi connectivity index (χ2n) is 7.31. The van der Waals surface area contributed by atoms with Gasteiger partial charge in [0.15, 0.2) is 0 Å². The molecule has 4 heteroatoms. The lowest BCUT2D eigenvalue weighted by Gasteiger charge is -2.46. The third-order valence-corrected chi connectivity index (χ3v) is 5.98. The summed E-state index contributed by atoms with van der Waals surface area (Å²) >= 11 is 0. The van der Waals surface area contributed by atoms with Gasteiger partial charge in [0, 0.05) is 38.2 Å². The van der Waals surface area contributed by atoms with Crippen LogP contribution in [0.3, 0.4) is 0 Å². The van der Waals surface area contributed by atoms with Crippen molar-refractivity contribution in [1.29, 1.82) is 0 Å². The number of likely N-dealkylation sites (tertiary alicyclic amines) is 2. The molecule has 2 aliphatic heterocycles. The van der Waals surface area contributed by atoms with Crippen molar-refractivity contribution >= 4 is 5.91 Å². The van der Waals surface area contributed by atoms with Crippen LogP contribution < -0.4 is 0 Å². The van der Waals surface area contributed by atoms with Crippen molar-refractivity contribution in [3.8, 4) is 0 Å². The number of piperidine rings is 1. The Hall–Kier alpha value is -2.20. The van der Waals surface area contributed by atoms with Crippen LogP contribution in [0.25, 0.3) is 0 Å². The molecule has 0 spiro atoms. The number of pyridine rings is 1. The molecule has 0 saturated carbocycles. The molecule has 2 fully saturated rings. The summed E-state index contributed by atoms with van der Waals surface area (Å²) in [5.74, 6) is 0.197. The van der Waals surface area contributed by atoms with Crippen LogP contribution in [-0.4, -0.2) is 46.4 Å². The van der Waals surface area contributed by atoms with Gasteiger partial charge in [0.1, 0.15) is 0 Å². The number of hydrogen-bond acceptors (Lipinski definition) is 3. The molecule has 0 aliphatic carbocycles. The fourth-order valence-electron chi connectivity index (χ4n) is 4.69. The number of rotatable bonds is 3. The zero-order valence-electron chi connectivity index (χ0n) is 14.8. The second-order valence-corrected chi connectivity index (χ2v) is 7.31. The Morgan fingerprint density at radius 3 is 2.60 bits per heavy atom. The van der Waals surface area contributed by atoms with Crippen molar-refractivity contribution in [2.24, 2.45) is 0 Å². The lowest BCUT2D eigenvalue weighted by molar-refractivity contribution is -0.131. The minimum absolute atomic E-state index is 0.105. The first-order valence-corrected chi connectivity index (χ1v) is 9.14. The quantitative estimate of drug-likeness (QED) is 0.865. The molecule has 1 aromatic carbocycles. The molecule has 130 valence electrons. The van der Waals surface area contributed by atoms with E-state index in [2.05, 4.69) is 51.2 Å². The van der Waals surface area contributed by atoms with Crippen molar-refractivity contribution in [3.05, 3.63) is 66.0 Å². The number of aromatic nitrogens is 1. The average molecular weight is 335 g/mol. The minimum atomic E-state index is 0.105. The van der Waals surface area contributed by atoms with Crippen molar-refractivity contribution < 1.29 is 4.79 Å². The molecule has 3 heterocycles. The minimum Gasteiger partial charge on any atom is -0.338 e. The average Bonchev–Trinajstić information content (AvgIpc) is 3.04. The van der Waals surface area contributed by atoms with E-state index >= 15 is 0 Å². The lowest BCUT2D eigenvalue weighted by atomic mass is 9.69. The van der Waals surface area contributed by atoms with Crippen molar-refractivity contribution in [2.45, 2.75) is 37.8 Å². The van der Waals surface area contributed by atoms with Crippen LogP contribution in [0, 0.1) is 0 Å². The van der Waals surface area contributed by atoms with Crippen LogP contribution in [-0.2, 0) is 16.8 Å². The number of nitrogens with zero attached hydrogens (tertiary/aromatic N) is 3. The first-order valence-electron chi connectivity index (χ1n) is 9.14. The molecule has 25 heavy (non-hydrogen) atoms. The molecule has 0 bridgehead atoms. The molecule has 4 nitrogen and oxygen atoms in total. The van der Waals surface area contributed by atoms with E-state index in [4.69, 9.17) is 0 Å². The predicted molar refractivity (Wildman–Crippen MR) is 98.0 cm³/mol. The van der Waals surface area contributed by atoms with Gasteiger partial charge in [-0.3, -0.25) is 14.7 Å². The van der Waals surface area contributed by atoms with Gasteiger partial charge in [0.2, 0.25) is 5.91 Å². The van der Waals surface area contributed by atoms with Crippen LogP contribution in [0.2, 0.25) is 0 Å². The van der Waals surface area contributed by atoms with Gasteiger partial charge in [-0.05, 0) is 37.1 Å². The highest BCUT2D eigenvalue weighted by Crippen LogP contribution is 2.45. The molecule has 2 saturated heterocycles. The maximum atomic E-state index is 12.2. The second kappa shape index (κ2) is 6.60. The van der Waals surface area contributed by atoms with Crippen molar-refractivity contribution in [2.75, 3.05) is 19.6 Å². The summed E-state index contributed by atoms with van der Waals surface area (Å²) in [5.41, 5.74) is 2.59. The molecule has 2 atom stereocenters. The molecule has 2 aliphatic rings. The lowest BCUT2D eigenvalue weighted by Crippen LogP contribution is -2.56. The van der Waals surface area contributed by atoms with Crippen LogP contribution in [0.4, 0.5) is 0 Å². The highest BCUT2D eigenvalue weighted by Gasteiger charge is 2.51. The molecule has 2 aromatic rings. The summed E-state index contributed by atoms with van der Waals surface area (Å²) in [6.07, 6.45) is 4.02. The molecule has 0 radical (unpaired) electrons. The van der Waals surface area contributed by atoms with Crippen LogP contribution in [0.1, 0.15) is 31.0 Å². The van der Waals surface area contributed by atoms with Crippen molar-refractivity contribution in [1.82, 2.24) is 14.8 Å². The van der Waals surface area contributed by atoms with Gasteiger partial charge in [0.25, 0.3) is 0 Å². The van der Waals surface area contributed by atoms with Gasteiger partial charge in [-0.25, -0.2) is 0 Å². The molecular formula is C21H25N3O. The van der Waals surface area contributed by atoms with E-state index in [0.717, 1.165) is 44.7 Å². The van der Waals surface area contributed by atoms with Gasteiger partial charge >= 0.3 is 0 Å². The highest BCUT2D eigenvalue weighted by molar-refractivity contribution is 5.74. The highest BCUT2D eigenvalue weighted by atomic mass is 16.2. The summed E-state index contributed by atoms with van der Waals surface area (Å²) in [5, 5.41) is 0. The molecule has 0 unspecified atom stereocenters. The van der Waals surface area contributed by atoms with Crippen LogP contribution in [0.5, 0.6) is 0 Å². The Balaban J connectivity index is 1.61. The van der Waals surface area contributed by atoms with Gasteiger partial charge in [-0.2, -0.15) is 0 Å². The number of carbonyl (C=O) groups excluding carboxylic acids is 1. The first kappa shape index (κ1) is 16.3. The maximum Gasteiger partial charge on any atom is 0.219 e. The topological polar surface area (TPSA) is 36.4 Å². The normalized spacial score (nSPS) is 26.4. The van der Waals surface area contributed by atoms with E-state index in [1.807, 2.05) is 18.3 Å². The van der Waals surface area contributed by atoms with E-state index in [-0.39, 0.29) is 17.4 Å². The number of amides is 1. The molecular weight excluding hydrogens is 310 g/mol. The predicted octanol–water partition coefficient (Wildman–Crippen LogP) is 2.85. The molecule has 4 rings (SSSR count). The van der Waals surface area contributed by atoms with Crippen LogP contribution >= 0.6 is 0 Å². The van der Waals surface area contributed by atoms with E-state index in [9.17, 15) is 4.79 Å². The molecule has 0 N–H and O–H groups in total. The monoisotopic (exact) mass is 335 g/mol. The zero-order valence-corrected chi connectivity index (χ0v) is 14.8. The standard InChI is InChI=1S/C21H25N3O/c1-17(25)24-14-11-21(18-7-3-2-4-8-18)10-13-23(16-20(21)24)15-19-9-5-6-12-22-19/h2-9,12,20H,10-11,13-16H2,1H3/t20-,21-/m0/s1. The van der Waals surface area contributed by atoms with Gasteiger partial charge < -0.3 is 4.90 Å². The van der Waals surface area contributed by atoms with E-state index in [1.165, 1.54) is 5.56 Å². The first-order chi connectivity index (χ1) is 12.2. The van der Waals surface area contributed by atoms with Gasteiger partial charge in [0.05, 0.1) is 11.7 Å². The SMILES string of the molecule is CC(=O)N1CC[C@]2(c3ccccc3)CCN(Cc3ccccn3)C[C@H]12. The van der Waals surface area contributed by atoms with Crippen LogP contribution in [0.15, 0.2) is 54.7 Å². The summed E-state index contributed by atoms with van der Waals surface area (Å²) in [7, 11) is 0. The number of fused-ring (bicyclic) bond motifs is 1. The number of hydrogen-bond donors (Lipinski definition) is 0. The Labute approximate surface area is 149 Å². The Kier molecular flexibility index (Phi) is 4.30. The fraction of sp³-hybridized carbons (Fsp3) is 0.429. The van der Waals surface area contributed by atoms with E-state index in [1.54, 1.807) is 6.92 Å². The molecule has 1 aromatic heterocycles. The van der Waals surface area contributed by atoms with E-state index < -0.39 is 0 Å².